The summed E-state index contributed by atoms with van der Waals surface area (Å²) in [6.07, 6.45) is 0.938. The number of carbonyl (C=O) groups is 2. The molecule has 2 aromatic carbocycles. The van der Waals surface area contributed by atoms with Gasteiger partial charge in [-0.1, -0.05) is 30.3 Å². The first-order valence-corrected chi connectivity index (χ1v) is 10.6. The van der Waals surface area contributed by atoms with Crippen LogP contribution in [0.1, 0.15) is 27.2 Å². The minimum atomic E-state index is -1.82. The van der Waals surface area contributed by atoms with E-state index in [2.05, 4.69) is 36.1 Å². The fourth-order valence-electron chi connectivity index (χ4n) is 3.73. The van der Waals surface area contributed by atoms with E-state index in [0.717, 1.165) is 24.5 Å². The van der Waals surface area contributed by atoms with Crippen molar-refractivity contribution in [2.24, 2.45) is 0 Å². The molecule has 0 bridgehead atoms. The summed E-state index contributed by atoms with van der Waals surface area (Å²) in [6, 6.07) is 18.6. The molecule has 1 heterocycles. The number of nitrogens with zero attached hydrogens (tertiary/aromatic N) is 1. The van der Waals surface area contributed by atoms with Gasteiger partial charge >= 0.3 is 11.9 Å². The van der Waals surface area contributed by atoms with Crippen LogP contribution in [-0.4, -0.2) is 60.2 Å². The summed E-state index contributed by atoms with van der Waals surface area (Å²) >= 11 is 0. The van der Waals surface area contributed by atoms with Gasteiger partial charge in [0.2, 0.25) is 0 Å². The molecule has 2 unspecified atom stereocenters. The SMILES string of the molecule is CCOc1ccccc1OCC1(OCC)CCN(c2ccccc2)C1C.O=C(O)C(=O)O. The smallest absolute Gasteiger partial charge is 0.414 e. The van der Waals surface area contributed by atoms with E-state index >= 15 is 0 Å². The summed E-state index contributed by atoms with van der Waals surface area (Å²) in [5, 5.41) is 14.8. The van der Waals surface area contributed by atoms with E-state index in [-0.39, 0.29) is 11.6 Å². The molecule has 0 saturated carbocycles. The number of hydrogen-bond acceptors (Lipinski definition) is 6. The van der Waals surface area contributed by atoms with E-state index in [1.54, 1.807) is 0 Å². The van der Waals surface area contributed by atoms with Crippen LogP contribution in [0.4, 0.5) is 5.69 Å². The Morgan fingerprint density at radius 2 is 1.50 bits per heavy atom. The number of benzene rings is 2. The molecule has 1 fully saturated rings. The molecule has 0 amide bonds. The number of carboxylic acid groups (broad SMARTS) is 2. The van der Waals surface area contributed by atoms with Crippen molar-refractivity contribution in [1.82, 2.24) is 0 Å². The highest BCUT2D eigenvalue weighted by molar-refractivity contribution is 6.27. The second-order valence-corrected chi connectivity index (χ2v) is 7.23. The molecular formula is C24H31NO7. The van der Waals surface area contributed by atoms with Crippen LogP contribution in [0, 0.1) is 0 Å². The van der Waals surface area contributed by atoms with Crippen molar-refractivity contribution in [3.63, 3.8) is 0 Å². The van der Waals surface area contributed by atoms with Gasteiger partial charge < -0.3 is 29.3 Å². The van der Waals surface area contributed by atoms with Crippen molar-refractivity contribution in [3.05, 3.63) is 54.6 Å². The fraction of sp³-hybridized carbons (Fsp3) is 0.417. The van der Waals surface area contributed by atoms with Crippen LogP contribution in [0.25, 0.3) is 0 Å². The number of para-hydroxylation sites is 3. The third-order valence-corrected chi connectivity index (χ3v) is 5.33. The number of aliphatic carboxylic acids is 2. The van der Waals surface area contributed by atoms with E-state index in [1.807, 2.05) is 44.2 Å². The summed E-state index contributed by atoms with van der Waals surface area (Å²) in [7, 11) is 0. The molecule has 3 rings (SSSR count). The van der Waals surface area contributed by atoms with Gasteiger partial charge in [-0.25, -0.2) is 9.59 Å². The number of hydrogen-bond donors (Lipinski definition) is 2. The summed E-state index contributed by atoms with van der Waals surface area (Å²) in [5.74, 6) is -2.09. The summed E-state index contributed by atoms with van der Waals surface area (Å²) in [4.78, 5) is 20.6. The lowest BCUT2D eigenvalue weighted by Gasteiger charge is -2.36. The molecule has 2 N–H and O–H groups in total. The zero-order valence-electron chi connectivity index (χ0n) is 18.7. The van der Waals surface area contributed by atoms with Crippen LogP contribution in [0.3, 0.4) is 0 Å². The van der Waals surface area contributed by atoms with E-state index in [0.29, 0.717) is 19.8 Å². The van der Waals surface area contributed by atoms with Gasteiger partial charge in [-0.2, -0.15) is 0 Å². The van der Waals surface area contributed by atoms with Gasteiger partial charge in [0.15, 0.2) is 11.5 Å². The first-order valence-electron chi connectivity index (χ1n) is 10.6. The molecular weight excluding hydrogens is 414 g/mol. The Kier molecular flexibility index (Phi) is 9.34. The Bertz CT molecular complexity index is 862. The van der Waals surface area contributed by atoms with Gasteiger partial charge in [-0.05, 0) is 51.5 Å². The first-order chi connectivity index (χ1) is 15.3. The molecule has 2 aromatic rings. The molecule has 0 aliphatic carbocycles. The third kappa shape index (κ3) is 6.37. The second-order valence-electron chi connectivity index (χ2n) is 7.23. The minimum Gasteiger partial charge on any atom is -0.490 e. The molecule has 32 heavy (non-hydrogen) atoms. The molecule has 0 radical (unpaired) electrons. The summed E-state index contributed by atoms with van der Waals surface area (Å²) < 4.78 is 18.2. The van der Waals surface area contributed by atoms with Gasteiger partial charge in [0.1, 0.15) is 12.2 Å². The highest BCUT2D eigenvalue weighted by Crippen LogP contribution is 2.37. The molecule has 2 atom stereocenters. The largest absolute Gasteiger partial charge is 0.490 e. The lowest BCUT2D eigenvalue weighted by Crippen LogP contribution is -2.49. The average Bonchev–Trinajstić information content (AvgIpc) is 3.11. The molecule has 1 aliphatic rings. The second kappa shape index (κ2) is 12.0. The maximum Gasteiger partial charge on any atom is 0.414 e. The topological polar surface area (TPSA) is 106 Å². The summed E-state index contributed by atoms with van der Waals surface area (Å²) in [6.45, 7) is 9.02. The van der Waals surface area contributed by atoms with E-state index in [1.165, 1.54) is 5.69 Å². The minimum absolute atomic E-state index is 0.226. The van der Waals surface area contributed by atoms with Crippen LogP contribution in [0.2, 0.25) is 0 Å². The Morgan fingerprint density at radius 1 is 0.938 bits per heavy atom. The van der Waals surface area contributed by atoms with Gasteiger partial charge in [0.25, 0.3) is 0 Å². The van der Waals surface area contributed by atoms with E-state index in [4.69, 9.17) is 34.0 Å². The molecule has 174 valence electrons. The lowest BCUT2D eigenvalue weighted by molar-refractivity contribution is -0.159. The molecule has 1 saturated heterocycles. The number of rotatable bonds is 8. The number of ether oxygens (including phenoxy) is 3. The summed E-state index contributed by atoms with van der Waals surface area (Å²) in [5.41, 5.74) is 0.903. The lowest BCUT2D eigenvalue weighted by atomic mass is 9.96. The van der Waals surface area contributed by atoms with Crippen molar-refractivity contribution in [2.45, 2.75) is 38.8 Å². The van der Waals surface area contributed by atoms with Crippen LogP contribution < -0.4 is 14.4 Å². The maximum atomic E-state index is 9.10. The Labute approximate surface area is 188 Å². The average molecular weight is 446 g/mol. The molecule has 1 aliphatic heterocycles. The normalized spacial score (nSPS) is 19.6. The van der Waals surface area contributed by atoms with Crippen molar-refractivity contribution in [2.75, 3.05) is 31.3 Å². The predicted molar refractivity (Wildman–Crippen MR) is 121 cm³/mol. The highest BCUT2D eigenvalue weighted by Gasteiger charge is 2.46. The van der Waals surface area contributed by atoms with Crippen molar-refractivity contribution >= 4 is 17.6 Å². The number of carboxylic acids is 2. The third-order valence-electron chi connectivity index (χ3n) is 5.33. The predicted octanol–water partition coefficient (Wildman–Crippen LogP) is 3.69. The van der Waals surface area contributed by atoms with Crippen LogP contribution >= 0.6 is 0 Å². The van der Waals surface area contributed by atoms with Gasteiger partial charge in [0.05, 0.1) is 12.6 Å². The van der Waals surface area contributed by atoms with E-state index < -0.39 is 11.9 Å². The molecule has 0 spiro atoms. The zero-order valence-corrected chi connectivity index (χ0v) is 18.7. The molecule has 8 nitrogen and oxygen atoms in total. The standard InChI is InChI=1S/C22H29NO3.C2H2O4/c1-4-24-20-13-9-10-14-21(20)25-17-22(26-5-2)15-16-23(18(22)3)19-11-7-6-8-12-19;3-1(4)2(5)6/h6-14,18H,4-5,15-17H2,1-3H3;(H,3,4)(H,5,6). The maximum absolute atomic E-state index is 9.10. The van der Waals surface area contributed by atoms with Crippen molar-refractivity contribution in [1.29, 1.82) is 0 Å². The monoisotopic (exact) mass is 445 g/mol. The Balaban J connectivity index is 0.000000534. The van der Waals surface area contributed by atoms with E-state index in [9.17, 15) is 0 Å². The van der Waals surface area contributed by atoms with Crippen LogP contribution in [0.15, 0.2) is 54.6 Å². The van der Waals surface area contributed by atoms with Gasteiger partial charge in [-0.3, -0.25) is 0 Å². The number of anilines is 1. The zero-order chi connectivity index (χ0) is 23.6. The van der Waals surface area contributed by atoms with Crippen LogP contribution in [-0.2, 0) is 14.3 Å². The Hall–Kier alpha value is -3.26. The quantitative estimate of drug-likeness (QED) is 0.593. The molecule has 8 heteroatoms. The van der Waals surface area contributed by atoms with Crippen LogP contribution in [0.5, 0.6) is 11.5 Å². The molecule has 0 aromatic heterocycles. The highest BCUT2D eigenvalue weighted by atomic mass is 16.6. The first kappa shape index (κ1) is 25.0. The fourth-order valence-corrected chi connectivity index (χ4v) is 3.73. The van der Waals surface area contributed by atoms with Gasteiger partial charge in [-0.15, -0.1) is 0 Å². The van der Waals surface area contributed by atoms with Gasteiger partial charge in [0, 0.05) is 18.8 Å². The van der Waals surface area contributed by atoms with Crippen molar-refractivity contribution in [3.8, 4) is 11.5 Å². The Morgan fingerprint density at radius 3 is 2.03 bits per heavy atom. The van der Waals surface area contributed by atoms with Crippen molar-refractivity contribution < 1.29 is 34.0 Å².